The SMILES string of the molecule is C=CCc1c(C=O)cccc1OC(F)(F)F. The van der Waals surface area contributed by atoms with E-state index in [4.69, 9.17) is 0 Å². The molecule has 16 heavy (non-hydrogen) atoms. The summed E-state index contributed by atoms with van der Waals surface area (Å²) in [6.45, 7) is 3.42. The molecule has 0 atom stereocenters. The summed E-state index contributed by atoms with van der Waals surface area (Å²) in [6, 6.07) is 3.92. The third-order valence-electron chi connectivity index (χ3n) is 1.87. The van der Waals surface area contributed by atoms with Crippen LogP contribution >= 0.6 is 0 Å². The van der Waals surface area contributed by atoms with E-state index in [0.717, 1.165) is 0 Å². The maximum atomic E-state index is 12.1. The first kappa shape index (κ1) is 12.3. The minimum Gasteiger partial charge on any atom is -0.405 e. The van der Waals surface area contributed by atoms with Gasteiger partial charge in [0.25, 0.3) is 0 Å². The lowest BCUT2D eigenvalue weighted by atomic mass is 10.0. The number of halogens is 3. The van der Waals surface area contributed by atoms with Gasteiger partial charge in [0.1, 0.15) is 12.0 Å². The molecule has 2 nitrogen and oxygen atoms in total. The van der Waals surface area contributed by atoms with Crippen molar-refractivity contribution in [2.45, 2.75) is 12.8 Å². The van der Waals surface area contributed by atoms with Crippen LogP contribution in [0.25, 0.3) is 0 Å². The Kier molecular flexibility index (Phi) is 3.71. The molecular formula is C11H9F3O2. The average Bonchev–Trinajstić information content (AvgIpc) is 2.18. The Morgan fingerprint density at radius 3 is 2.56 bits per heavy atom. The lowest BCUT2D eigenvalue weighted by Gasteiger charge is -2.13. The van der Waals surface area contributed by atoms with Gasteiger partial charge in [0.2, 0.25) is 0 Å². The highest BCUT2D eigenvalue weighted by molar-refractivity contribution is 5.78. The highest BCUT2D eigenvalue weighted by Crippen LogP contribution is 2.28. The van der Waals surface area contributed by atoms with Gasteiger partial charge >= 0.3 is 6.36 Å². The molecule has 0 saturated carbocycles. The summed E-state index contributed by atoms with van der Waals surface area (Å²) in [6.07, 6.45) is -2.73. The maximum Gasteiger partial charge on any atom is 0.573 e. The van der Waals surface area contributed by atoms with E-state index in [0.29, 0.717) is 6.29 Å². The molecule has 0 radical (unpaired) electrons. The molecule has 0 heterocycles. The van der Waals surface area contributed by atoms with Crippen molar-refractivity contribution in [3.05, 3.63) is 42.0 Å². The molecule has 0 amide bonds. The molecule has 0 bridgehead atoms. The number of allylic oxidation sites excluding steroid dienone is 1. The van der Waals surface area contributed by atoms with Gasteiger partial charge in [-0.25, -0.2) is 0 Å². The van der Waals surface area contributed by atoms with E-state index in [1.807, 2.05) is 0 Å². The van der Waals surface area contributed by atoms with Crippen LogP contribution in [-0.4, -0.2) is 12.6 Å². The van der Waals surface area contributed by atoms with Gasteiger partial charge in [-0.3, -0.25) is 4.79 Å². The number of rotatable bonds is 4. The Morgan fingerprint density at radius 1 is 1.38 bits per heavy atom. The Bertz CT molecular complexity index is 397. The number of ether oxygens (including phenoxy) is 1. The first-order valence-electron chi connectivity index (χ1n) is 4.41. The van der Waals surface area contributed by atoms with Crippen molar-refractivity contribution in [2.24, 2.45) is 0 Å². The summed E-state index contributed by atoms with van der Waals surface area (Å²) >= 11 is 0. The molecule has 0 fully saturated rings. The van der Waals surface area contributed by atoms with E-state index in [2.05, 4.69) is 11.3 Å². The first-order valence-corrected chi connectivity index (χ1v) is 4.41. The molecule has 0 N–H and O–H groups in total. The number of benzene rings is 1. The summed E-state index contributed by atoms with van der Waals surface area (Å²) in [5.41, 5.74) is 0.353. The second kappa shape index (κ2) is 4.83. The Morgan fingerprint density at radius 2 is 2.06 bits per heavy atom. The smallest absolute Gasteiger partial charge is 0.405 e. The molecular weight excluding hydrogens is 221 g/mol. The Labute approximate surface area is 90.3 Å². The van der Waals surface area contributed by atoms with E-state index in [1.54, 1.807) is 0 Å². The fourth-order valence-electron chi connectivity index (χ4n) is 1.28. The van der Waals surface area contributed by atoms with Crippen LogP contribution in [-0.2, 0) is 6.42 Å². The number of carbonyl (C=O) groups is 1. The molecule has 0 unspecified atom stereocenters. The fourth-order valence-corrected chi connectivity index (χ4v) is 1.28. The van der Waals surface area contributed by atoms with E-state index in [9.17, 15) is 18.0 Å². The summed E-state index contributed by atoms with van der Waals surface area (Å²) in [5.74, 6) is -0.364. The van der Waals surface area contributed by atoms with Crippen molar-refractivity contribution in [3.8, 4) is 5.75 Å². The maximum absolute atomic E-state index is 12.1. The standard InChI is InChI=1S/C11H9F3O2/c1-2-4-9-8(7-15)5-3-6-10(9)16-11(12,13)14/h2-3,5-7H,1,4H2. The second-order valence-corrected chi connectivity index (χ2v) is 2.98. The van der Waals surface area contributed by atoms with Gasteiger partial charge in [-0.2, -0.15) is 0 Å². The highest BCUT2D eigenvalue weighted by atomic mass is 19.4. The molecule has 0 spiro atoms. The van der Waals surface area contributed by atoms with Gasteiger partial charge in [0.05, 0.1) is 0 Å². The number of hydrogen-bond donors (Lipinski definition) is 0. The van der Waals surface area contributed by atoms with Gasteiger partial charge < -0.3 is 4.74 Å². The average molecular weight is 230 g/mol. The minimum absolute atomic E-state index is 0.139. The van der Waals surface area contributed by atoms with Gasteiger partial charge in [-0.1, -0.05) is 18.2 Å². The minimum atomic E-state index is -4.77. The third-order valence-corrected chi connectivity index (χ3v) is 1.87. The molecule has 0 aliphatic heterocycles. The van der Waals surface area contributed by atoms with Crippen LogP contribution < -0.4 is 4.74 Å². The zero-order valence-corrected chi connectivity index (χ0v) is 8.25. The molecule has 0 aliphatic carbocycles. The van der Waals surface area contributed by atoms with E-state index in [-0.39, 0.29) is 23.3 Å². The quantitative estimate of drug-likeness (QED) is 0.586. The predicted octanol–water partition coefficient (Wildman–Crippen LogP) is 3.13. The number of carbonyl (C=O) groups excluding carboxylic acids is 1. The van der Waals surface area contributed by atoms with E-state index >= 15 is 0 Å². The van der Waals surface area contributed by atoms with Crippen LogP contribution in [0.1, 0.15) is 15.9 Å². The highest BCUT2D eigenvalue weighted by Gasteiger charge is 2.32. The van der Waals surface area contributed by atoms with Crippen molar-refractivity contribution in [1.82, 2.24) is 0 Å². The molecule has 1 aromatic rings. The summed E-state index contributed by atoms with van der Waals surface area (Å²) in [5, 5.41) is 0. The molecule has 1 aromatic carbocycles. The van der Waals surface area contributed by atoms with Crippen molar-refractivity contribution in [1.29, 1.82) is 0 Å². The van der Waals surface area contributed by atoms with Gasteiger partial charge in [-0.15, -0.1) is 19.8 Å². The van der Waals surface area contributed by atoms with Crippen LogP contribution in [0, 0.1) is 0 Å². The third kappa shape index (κ3) is 3.12. The normalized spacial score (nSPS) is 10.9. The van der Waals surface area contributed by atoms with Crippen LogP contribution in [0.15, 0.2) is 30.9 Å². The van der Waals surface area contributed by atoms with Crippen LogP contribution in [0.5, 0.6) is 5.75 Å². The number of hydrogen-bond acceptors (Lipinski definition) is 2. The van der Waals surface area contributed by atoms with E-state index in [1.165, 1.54) is 24.3 Å². The van der Waals surface area contributed by atoms with Gasteiger partial charge in [0.15, 0.2) is 0 Å². The molecule has 86 valence electrons. The topological polar surface area (TPSA) is 26.3 Å². The molecule has 0 aliphatic rings. The largest absolute Gasteiger partial charge is 0.573 e. The monoisotopic (exact) mass is 230 g/mol. The molecule has 0 saturated heterocycles. The predicted molar refractivity (Wildman–Crippen MR) is 52.4 cm³/mol. The van der Waals surface area contributed by atoms with E-state index < -0.39 is 6.36 Å². The fraction of sp³-hybridized carbons (Fsp3) is 0.182. The van der Waals surface area contributed by atoms with Crippen LogP contribution in [0.4, 0.5) is 13.2 Å². The van der Waals surface area contributed by atoms with Gasteiger partial charge in [-0.05, 0) is 12.5 Å². The summed E-state index contributed by atoms with van der Waals surface area (Å²) in [7, 11) is 0. The van der Waals surface area contributed by atoms with Crippen LogP contribution in [0.2, 0.25) is 0 Å². The number of alkyl halides is 3. The molecule has 1 rings (SSSR count). The Balaban J connectivity index is 3.16. The zero-order valence-electron chi connectivity index (χ0n) is 8.25. The summed E-state index contributed by atoms with van der Waals surface area (Å²) in [4.78, 5) is 10.6. The Hall–Kier alpha value is -1.78. The molecule has 5 heteroatoms. The first-order chi connectivity index (χ1) is 7.48. The number of aldehydes is 1. The van der Waals surface area contributed by atoms with Crippen molar-refractivity contribution in [2.75, 3.05) is 0 Å². The van der Waals surface area contributed by atoms with Crippen LogP contribution in [0.3, 0.4) is 0 Å². The van der Waals surface area contributed by atoms with Gasteiger partial charge in [0, 0.05) is 11.1 Å². The van der Waals surface area contributed by atoms with Crippen molar-refractivity contribution >= 4 is 6.29 Å². The van der Waals surface area contributed by atoms with Crippen molar-refractivity contribution < 1.29 is 22.7 Å². The van der Waals surface area contributed by atoms with Crippen molar-refractivity contribution in [3.63, 3.8) is 0 Å². The second-order valence-electron chi connectivity index (χ2n) is 2.98. The lowest BCUT2D eigenvalue weighted by molar-refractivity contribution is -0.274. The molecule has 0 aromatic heterocycles. The zero-order chi connectivity index (χ0) is 12.2. The summed E-state index contributed by atoms with van der Waals surface area (Å²) < 4.78 is 40.0. The lowest BCUT2D eigenvalue weighted by Crippen LogP contribution is -2.18.